The van der Waals surface area contributed by atoms with Gasteiger partial charge < -0.3 is 9.73 Å². The molecule has 2 aromatic carbocycles. The molecule has 4 rings (SSSR count). The maximum absolute atomic E-state index is 12.4. The summed E-state index contributed by atoms with van der Waals surface area (Å²) in [6.45, 7) is 3.00. The van der Waals surface area contributed by atoms with Crippen LogP contribution in [0.5, 0.6) is 0 Å². The Morgan fingerprint density at radius 2 is 1.87 bits per heavy atom. The van der Waals surface area contributed by atoms with Crippen LogP contribution in [-0.2, 0) is 17.9 Å². The van der Waals surface area contributed by atoms with Gasteiger partial charge in [0.1, 0.15) is 5.76 Å². The van der Waals surface area contributed by atoms with Gasteiger partial charge in [0.25, 0.3) is 0 Å². The molecule has 0 aliphatic carbocycles. The van der Waals surface area contributed by atoms with Crippen molar-refractivity contribution in [2.45, 2.75) is 25.2 Å². The largest absolute Gasteiger partial charge is 0.467 e. The zero-order valence-electron chi connectivity index (χ0n) is 16.9. The number of aromatic nitrogens is 3. The number of carbonyl (C=O) groups excluding carboxylic acids is 1. The fourth-order valence-corrected chi connectivity index (χ4v) is 3.89. The van der Waals surface area contributed by atoms with Gasteiger partial charge in [0.15, 0.2) is 11.0 Å². The van der Waals surface area contributed by atoms with Gasteiger partial charge in [0, 0.05) is 17.1 Å². The molecule has 0 spiro atoms. The fourth-order valence-electron chi connectivity index (χ4n) is 3.00. The number of nitrogens with one attached hydrogen (secondary N) is 1. The van der Waals surface area contributed by atoms with Crippen molar-refractivity contribution in [2.75, 3.05) is 5.75 Å². The lowest BCUT2D eigenvalue weighted by Crippen LogP contribution is -2.24. The van der Waals surface area contributed by atoms with Crippen molar-refractivity contribution >= 4 is 29.3 Å². The molecule has 0 atom stereocenters. The zero-order chi connectivity index (χ0) is 21.6. The average Bonchev–Trinajstić information content (AvgIpc) is 3.43. The minimum atomic E-state index is -0.0637. The highest BCUT2D eigenvalue weighted by atomic mass is 35.5. The summed E-state index contributed by atoms with van der Waals surface area (Å²) in [5.41, 5.74) is 3.15. The maximum Gasteiger partial charge on any atom is 0.230 e. The Morgan fingerprint density at radius 3 is 2.58 bits per heavy atom. The summed E-state index contributed by atoms with van der Waals surface area (Å²) in [6, 6.07) is 19.3. The van der Waals surface area contributed by atoms with Gasteiger partial charge in [-0.25, -0.2) is 0 Å². The van der Waals surface area contributed by atoms with Crippen LogP contribution in [0.2, 0.25) is 5.02 Å². The molecule has 2 heterocycles. The number of aryl methyl sites for hydroxylation is 1. The Balaban J connectivity index is 1.46. The first-order chi connectivity index (χ1) is 15.1. The number of furan rings is 1. The normalized spacial score (nSPS) is 10.9. The first-order valence-corrected chi connectivity index (χ1v) is 11.1. The van der Waals surface area contributed by atoms with Crippen LogP contribution >= 0.6 is 23.4 Å². The summed E-state index contributed by atoms with van der Waals surface area (Å²) in [5, 5.41) is 12.9. The van der Waals surface area contributed by atoms with Crippen molar-refractivity contribution in [3.63, 3.8) is 0 Å². The molecule has 4 aromatic rings. The number of thioether (sulfide) groups is 1. The molecule has 0 aliphatic heterocycles. The van der Waals surface area contributed by atoms with Gasteiger partial charge in [-0.05, 0) is 48.9 Å². The molecule has 158 valence electrons. The number of carbonyl (C=O) groups is 1. The molecule has 6 nitrogen and oxygen atoms in total. The van der Waals surface area contributed by atoms with E-state index in [0.29, 0.717) is 29.1 Å². The molecule has 0 aliphatic rings. The van der Waals surface area contributed by atoms with E-state index in [2.05, 4.69) is 15.5 Å². The highest BCUT2D eigenvalue weighted by Gasteiger charge is 2.17. The molecule has 0 saturated heterocycles. The molecule has 0 radical (unpaired) electrons. The third-order valence-corrected chi connectivity index (χ3v) is 5.87. The molecule has 0 fully saturated rings. The van der Waals surface area contributed by atoms with Crippen LogP contribution in [0.4, 0.5) is 0 Å². The Hall–Kier alpha value is -3.03. The Bertz CT molecular complexity index is 1140. The van der Waals surface area contributed by atoms with Crippen LogP contribution in [-0.4, -0.2) is 26.4 Å². The minimum Gasteiger partial charge on any atom is -0.467 e. The molecule has 1 amide bonds. The quantitative estimate of drug-likeness (QED) is 0.382. The smallest absolute Gasteiger partial charge is 0.230 e. The molecule has 31 heavy (non-hydrogen) atoms. The van der Waals surface area contributed by atoms with Crippen molar-refractivity contribution < 1.29 is 9.21 Å². The fraction of sp³-hybridized carbons (Fsp3) is 0.174. The van der Waals surface area contributed by atoms with E-state index in [-0.39, 0.29) is 11.7 Å². The van der Waals surface area contributed by atoms with Crippen LogP contribution in [0.1, 0.15) is 16.9 Å². The van der Waals surface area contributed by atoms with E-state index in [1.165, 1.54) is 17.3 Å². The first kappa shape index (κ1) is 21.2. The monoisotopic (exact) mass is 452 g/mol. The molecule has 0 bridgehead atoms. The predicted octanol–water partition coefficient (Wildman–Crippen LogP) is 4.96. The van der Waals surface area contributed by atoms with Gasteiger partial charge in [-0.3, -0.25) is 9.36 Å². The minimum absolute atomic E-state index is 0.0637. The molecular formula is C23H21ClN4O2S. The number of halogens is 1. The highest BCUT2D eigenvalue weighted by Crippen LogP contribution is 2.26. The van der Waals surface area contributed by atoms with Crippen LogP contribution < -0.4 is 5.32 Å². The summed E-state index contributed by atoms with van der Waals surface area (Å²) in [7, 11) is 0. The summed E-state index contributed by atoms with van der Waals surface area (Å²) in [5.74, 6) is 1.64. The van der Waals surface area contributed by atoms with Crippen molar-refractivity contribution in [3.8, 4) is 11.4 Å². The first-order valence-electron chi connectivity index (χ1n) is 9.75. The van der Waals surface area contributed by atoms with Crippen molar-refractivity contribution in [1.29, 1.82) is 0 Å². The molecule has 0 unspecified atom stereocenters. The lowest BCUT2D eigenvalue weighted by atomic mass is 10.1. The van der Waals surface area contributed by atoms with Crippen molar-refractivity contribution in [2.24, 2.45) is 0 Å². The summed E-state index contributed by atoms with van der Waals surface area (Å²) in [6.07, 6.45) is 1.63. The van der Waals surface area contributed by atoms with Gasteiger partial charge in [-0.2, -0.15) is 0 Å². The predicted molar refractivity (Wildman–Crippen MR) is 122 cm³/mol. The van der Waals surface area contributed by atoms with Crippen LogP contribution in [0.3, 0.4) is 0 Å². The van der Waals surface area contributed by atoms with E-state index in [0.717, 1.165) is 16.9 Å². The summed E-state index contributed by atoms with van der Waals surface area (Å²) >= 11 is 7.36. The standard InChI is InChI=1S/C23H21ClN4O2S/c1-16-4-6-17(7-5-16)13-25-21(29)15-31-23-27-26-22(18-8-10-19(24)11-9-18)28(23)14-20-3-2-12-30-20/h2-12H,13-15H2,1H3,(H,25,29). The molecule has 8 heteroatoms. The molecule has 1 N–H and O–H groups in total. The average molecular weight is 453 g/mol. The van der Waals surface area contributed by atoms with E-state index in [1.807, 2.05) is 72.2 Å². The number of amides is 1. The third-order valence-electron chi connectivity index (χ3n) is 4.66. The van der Waals surface area contributed by atoms with Crippen molar-refractivity contribution in [1.82, 2.24) is 20.1 Å². The molecule has 2 aromatic heterocycles. The van der Waals surface area contributed by atoms with Gasteiger partial charge >= 0.3 is 0 Å². The van der Waals surface area contributed by atoms with Crippen LogP contribution in [0.25, 0.3) is 11.4 Å². The second kappa shape index (κ2) is 9.85. The van der Waals surface area contributed by atoms with E-state index in [1.54, 1.807) is 6.26 Å². The van der Waals surface area contributed by atoms with Crippen LogP contribution in [0, 0.1) is 6.92 Å². The lowest BCUT2D eigenvalue weighted by Gasteiger charge is -2.09. The van der Waals surface area contributed by atoms with E-state index >= 15 is 0 Å². The summed E-state index contributed by atoms with van der Waals surface area (Å²) < 4.78 is 7.45. The van der Waals surface area contributed by atoms with Gasteiger partial charge in [-0.1, -0.05) is 53.2 Å². The Labute approximate surface area is 189 Å². The third kappa shape index (κ3) is 5.57. The second-order valence-electron chi connectivity index (χ2n) is 7.03. The number of hydrogen-bond acceptors (Lipinski definition) is 5. The van der Waals surface area contributed by atoms with E-state index in [9.17, 15) is 4.79 Å². The molecule has 0 saturated carbocycles. The number of hydrogen-bond donors (Lipinski definition) is 1. The molecular weight excluding hydrogens is 432 g/mol. The van der Waals surface area contributed by atoms with Crippen LogP contribution in [0.15, 0.2) is 76.5 Å². The highest BCUT2D eigenvalue weighted by molar-refractivity contribution is 7.99. The SMILES string of the molecule is Cc1ccc(CNC(=O)CSc2nnc(-c3ccc(Cl)cc3)n2Cc2ccco2)cc1. The zero-order valence-corrected chi connectivity index (χ0v) is 18.5. The maximum atomic E-state index is 12.4. The second-order valence-corrected chi connectivity index (χ2v) is 8.41. The van der Waals surface area contributed by atoms with Crippen molar-refractivity contribution in [3.05, 3.63) is 88.8 Å². The topological polar surface area (TPSA) is 73.0 Å². The Morgan fingerprint density at radius 1 is 1.10 bits per heavy atom. The number of benzene rings is 2. The summed E-state index contributed by atoms with van der Waals surface area (Å²) in [4.78, 5) is 12.4. The van der Waals surface area contributed by atoms with E-state index in [4.69, 9.17) is 16.0 Å². The number of rotatable bonds is 8. The number of nitrogens with zero attached hydrogens (tertiary/aromatic N) is 3. The Kier molecular flexibility index (Phi) is 6.74. The van der Waals surface area contributed by atoms with Gasteiger partial charge in [-0.15, -0.1) is 10.2 Å². The van der Waals surface area contributed by atoms with E-state index < -0.39 is 0 Å². The van der Waals surface area contributed by atoms with Gasteiger partial charge in [0.05, 0.1) is 18.6 Å². The van der Waals surface area contributed by atoms with Gasteiger partial charge in [0.2, 0.25) is 5.91 Å². The lowest BCUT2D eigenvalue weighted by molar-refractivity contribution is -0.118.